The Hall–Kier alpha value is -2.46. The van der Waals surface area contributed by atoms with Gasteiger partial charge in [-0.15, -0.1) is 0 Å². The zero-order chi connectivity index (χ0) is 24.3. The fourth-order valence-corrected chi connectivity index (χ4v) is 5.38. The molecular weight excluding hydrogens is 466 g/mol. The summed E-state index contributed by atoms with van der Waals surface area (Å²) in [5.41, 5.74) is 0.746. The molecule has 2 aromatic carbocycles. The van der Waals surface area contributed by atoms with Crippen LogP contribution in [-0.4, -0.2) is 55.9 Å². The first-order valence-electron chi connectivity index (χ1n) is 10.6. The third-order valence-corrected chi connectivity index (χ3v) is 7.17. The third-order valence-electron chi connectivity index (χ3n) is 5.02. The first kappa shape index (κ1) is 25.2. The summed E-state index contributed by atoms with van der Waals surface area (Å²) in [5, 5.41) is 5.70. The average Bonchev–Trinajstić information content (AvgIpc) is 2.74. The minimum Gasteiger partial charge on any atom is -0.373 e. The molecule has 2 amide bonds. The Bertz CT molecular complexity index is 1140. The summed E-state index contributed by atoms with van der Waals surface area (Å²) in [6.07, 6.45) is -0.449. The number of amides is 2. The number of morpholine rings is 1. The van der Waals surface area contributed by atoms with Gasteiger partial charge in [-0.25, -0.2) is 8.42 Å². The van der Waals surface area contributed by atoms with Crippen LogP contribution < -0.4 is 10.6 Å². The topological polar surface area (TPSA) is 105 Å². The highest BCUT2D eigenvalue weighted by molar-refractivity contribution is 7.89. The van der Waals surface area contributed by atoms with Crippen LogP contribution in [0.1, 0.15) is 48.4 Å². The molecular formula is C23H28ClN3O5S. The smallest absolute Gasteiger partial charge is 0.255 e. The average molecular weight is 494 g/mol. The zero-order valence-corrected chi connectivity index (χ0v) is 20.5. The van der Waals surface area contributed by atoms with Crippen LogP contribution in [0.15, 0.2) is 47.4 Å². The SMILES string of the molecule is CC(C)NC(=O)c1ccc(Cl)c(NC(=O)c2cccc(S(=O)(=O)N3C[C@H](C)O[C@@H](C)C3)c2)c1. The molecule has 0 radical (unpaired) electrons. The number of carbonyl (C=O) groups excluding carboxylic acids is 2. The number of hydrogen-bond acceptors (Lipinski definition) is 5. The van der Waals surface area contributed by atoms with Crippen LogP contribution in [-0.2, 0) is 14.8 Å². The molecule has 1 aliphatic heterocycles. The first-order valence-corrected chi connectivity index (χ1v) is 12.5. The molecule has 3 rings (SSSR count). The van der Waals surface area contributed by atoms with Crippen LogP contribution in [0.4, 0.5) is 5.69 Å². The molecule has 2 N–H and O–H groups in total. The summed E-state index contributed by atoms with van der Waals surface area (Å²) in [4.78, 5) is 25.2. The Morgan fingerprint density at radius 3 is 2.30 bits per heavy atom. The van der Waals surface area contributed by atoms with Crippen molar-refractivity contribution in [1.82, 2.24) is 9.62 Å². The van der Waals surface area contributed by atoms with E-state index in [0.29, 0.717) is 5.56 Å². The van der Waals surface area contributed by atoms with Crippen molar-refractivity contribution in [2.75, 3.05) is 18.4 Å². The van der Waals surface area contributed by atoms with Gasteiger partial charge in [-0.2, -0.15) is 4.31 Å². The largest absolute Gasteiger partial charge is 0.373 e. The Labute approximate surface area is 199 Å². The van der Waals surface area contributed by atoms with Crippen molar-refractivity contribution in [3.05, 3.63) is 58.6 Å². The lowest BCUT2D eigenvalue weighted by atomic mass is 10.1. The van der Waals surface area contributed by atoms with E-state index in [1.54, 1.807) is 6.07 Å². The molecule has 1 heterocycles. The van der Waals surface area contributed by atoms with Crippen LogP contribution in [0.3, 0.4) is 0 Å². The van der Waals surface area contributed by atoms with Crippen molar-refractivity contribution < 1.29 is 22.7 Å². The van der Waals surface area contributed by atoms with E-state index in [9.17, 15) is 18.0 Å². The molecule has 1 saturated heterocycles. The summed E-state index contributed by atoms with van der Waals surface area (Å²) in [5.74, 6) is -0.835. The lowest BCUT2D eigenvalue weighted by Crippen LogP contribution is -2.48. The third kappa shape index (κ3) is 6.11. The number of rotatable bonds is 6. The number of anilines is 1. The quantitative estimate of drug-likeness (QED) is 0.640. The highest BCUT2D eigenvalue weighted by atomic mass is 35.5. The van der Waals surface area contributed by atoms with E-state index in [4.69, 9.17) is 16.3 Å². The molecule has 8 nitrogen and oxygen atoms in total. The lowest BCUT2D eigenvalue weighted by Gasteiger charge is -2.34. The Morgan fingerprint density at radius 1 is 1.03 bits per heavy atom. The minimum atomic E-state index is -3.80. The molecule has 0 saturated carbocycles. The van der Waals surface area contributed by atoms with Gasteiger partial charge in [0.25, 0.3) is 11.8 Å². The molecule has 0 spiro atoms. The Kier molecular flexibility index (Phi) is 7.79. The van der Waals surface area contributed by atoms with Crippen molar-refractivity contribution in [1.29, 1.82) is 0 Å². The number of nitrogens with zero attached hydrogens (tertiary/aromatic N) is 1. The predicted octanol–water partition coefficient (Wildman–Crippen LogP) is 3.53. The van der Waals surface area contributed by atoms with Gasteiger partial charge in [0.1, 0.15) is 0 Å². The van der Waals surface area contributed by atoms with E-state index >= 15 is 0 Å². The monoisotopic (exact) mass is 493 g/mol. The van der Waals surface area contributed by atoms with Crippen molar-refractivity contribution >= 4 is 39.1 Å². The minimum absolute atomic E-state index is 0.0209. The number of carbonyl (C=O) groups is 2. The number of halogens is 1. The van der Waals surface area contributed by atoms with Gasteiger partial charge < -0.3 is 15.4 Å². The second-order valence-electron chi connectivity index (χ2n) is 8.38. The number of benzene rings is 2. The van der Waals surface area contributed by atoms with Gasteiger partial charge in [-0.1, -0.05) is 17.7 Å². The highest BCUT2D eigenvalue weighted by Gasteiger charge is 2.32. The van der Waals surface area contributed by atoms with Crippen LogP contribution >= 0.6 is 11.6 Å². The van der Waals surface area contributed by atoms with Crippen molar-refractivity contribution in [2.24, 2.45) is 0 Å². The van der Waals surface area contributed by atoms with Gasteiger partial charge in [-0.3, -0.25) is 9.59 Å². The second kappa shape index (κ2) is 10.2. The van der Waals surface area contributed by atoms with Gasteiger partial charge >= 0.3 is 0 Å². The van der Waals surface area contributed by atoms with Crippen molar-refractivity contribution in [2.45, 2.75) is 50.8 Å². The zero-order valence-electron chi connectivity index (χ0n) is 19.0. The van der Waals surface area contributed by atoms with Gasteiger partial charge in [-0.05, 0) is 64.1 Å². The van der Waals surface area contributed by atoms with E-state index in [-0.39, 0.29) is 58.4 Å². The molecule has 1 fully saturated rings. The summed E-state index contributed by atoms with van der Waals surface area (Å²) < 4.78 is 33.3. The van der Waals surface area contributed by atoms with Crippen LogP contribution in [0.2, 0.25) is 5.02 Å². The Balaban J connectivity index is 1.82. The summed E-state index contributed by atoms with van der Waals surface area (Å²) >= 11 is 6.21. The molecule has 2 aromatic rings. The number of hydrogen-bond donors (Lipinski definition) is 2. The first-order chi connectivity index (χ1) is 15.5. The number of nitrogens with one attached hydrogen (secondary N) is 2. The maximum Gasteiger partial charge on any atom is 0.255 e. The molecule has 2 atom stereocenters. The van der Waals surface area contributed by atoms with E-state index in [1.807, 2.05) is 27.7 Å². The van der Waals surface area contributed by atoms with Crippen LogP contribution in [0, 0.1) is 0 Å². The highest BCUT2D eigenvalue weighted by Crippen LogP contribution is 2.25. The fraction of sp³-hybridized carbons (Fsp3) is 0.391. The predicted molar refractivity (Wildman–Crippen MR) is 127 cm³/mol. The maximum absolute atomic E-state index is 13.1. The molecule has 0 aromatic heterocycles. The number of ether oxygens (including phenoxy) is 1. The molecule has 10 heteroatoms. The van der Waals surface area contributed by atoms with Gasteiger partial charge in [0.15, 0.2) is 0 Å². The van der Waals surface area contributed by atoms with Gasteiger partial charge in [0.05, 0.1) is 27.8 Å². The number of sulfonamides is 1. The fourth-order valence-electron chi connectivity index (χ4n) is 3.58. The van der Waals surface area contributed by atoms with E-state index in [2.05, 4.69) is 10.6 Å². The lowest BCUT2D eigenvalue weighted by molar-refractivity contribution is -0.0440. The van der Waals surface area contributed by atoms with Crippen molar-refractivity contribution in [3.63, 3.8) is 0 Å². The van der Waals surface area contributed by atoms with E-state index < -0.39 is 15.9 Å². The van der Waals surface area contributed by atoms with Crippen LogP contribution in [0.25, 0.3) is 0 Å². The van der Waals surface area contributed by atoms with E-state index in [0.717, 1.165) is 0 Å². The van der Waals surface area contributed by atoms with Gasteiger partial charge in [0.2, 0.25) is 10.0 Å². The summed E-state index contributed by atoms with van der Waals surface area (Å²) in [6.45, 7) is 7.81. The van der Waals surface area contributed by atoms with Gasteiger partial charge in [0, 0.05) is 30.3 Å². The molecule has 0 unspecified atom stereocenters. The Morgan fingerprint density at radius 2 is 1.67 bits per heavy atom. The summed E-state index contributed by atoms with van der Waals surface area (Å²) in [6, 6.07) is 10.3. The second-order valence-corrected chi connectivity index (χ2v) is 10.7. The molecule has 1 aliphatic rings. The molecule has 0 bridgehead atoms. The molecule has 33 heavy (non-hydrogen) atoms. The van der Waals surface area contributed by atoms with E-state index in [1.165, 1.54) is 40.7 Å². The molecule has 178 valence electrons. The normalized spacial score (nSPS) is 19.3. The standard InChI is InChI=1S/C23H28ClN3O5S/c1-14(2)25-22(28)18-8-9-20(24)21(11-18)26-23(29)17-6-5-7-19(10-17)33(30,31)27-12-15(3)32-16(4)13-27/h5-11,14-16H,12-13H2,1-4H3,(H,25,28)(H,26,29)/t15-,16-/m0/s1. The maximum atomic E-state index is 13.1. The molecule has 0 aliphatic carbocycles. The summed E-state index contributed by atoms with van der Waals surface area (Å²) in [7, 11) is -3.80. The van der Waals surface area contributed by atoms with Crippen LogP contribution in [0.5, 0.6) is 0 Å². The van der Waals surface area contributed by atoms with Crippen molar-refractivity contribution in [3.8, 4) is 0 Å².